The molecule has 0 unspecified atom stereocenters. The van der Waals surface area contributed by atoms with Crippen molar-refractivity contribution in [1.29, 1.82) is 0 Å². The summed E-state index contributed by atoms with van der Waals surface area (Å²) in [7, 11) is 3.94. The van der Waals surface area contributed by atoms with Gasteiger partial charge in [0.2, 0.25) is 0 Å². The minimum atomic E-state index is -0.296. The Balaban J connectivity index is 1.28. The van der Waals surface area contributed by atoms with E-state index >= 15 is 0 Å². The second kappa shape index (κ2) is 11.6. The number of nitrogens with zero attached hydrogens (tertiary/aromatic N) is 4. The van der Waals surface area contributed by atoms with Gasteiger partial charge in [0, 0.05) is 67.6 Å². The number of hydrogen-bond donors (Lipinski definition) is 2. The normalized spacial score (nSPS) is 13.2. The Morgan fingerprint density at radius 3 is 2.56 bits per heavy atom. The molecule has 0 atom stereocenters. The number of fused-ring (bicyclic) bond motifs is 1. The molecule has 1 aliphatic heterocycles. The number of pyridine rings is 3. The first kappa shape index (κ1) is 27.9. The number of benzene rings is 2. The average molecular weight is 577 g/mol. The van der Waals surface area contributed by atoms with Crippen molar-refractivity contribution in [1.82, 2.24) is 19.4 Å². The zero-order valence-corrected chi connectivity index (χ0v) is 24.3. The number of hydrogen-bond acceptors (Lipinski definition) is 7. The molecule has 6 rings (SSSR count). The van der Waals surface area contributed by atoms with E-state index in [2.05, 4.69) is 15.3 Å². The highest BCUT2D eigenvalue weighted by atomic mass is 16.5. The molecule has 0 saturated carbocycles. The topological polar surface area (TPSA) is 113 Å². The van der Waals surface area contributed by atoms with Gasteiger partial charge in [0.15, 0.2) is 0 Å². The van der Waals surface area contributed by atoms with E-state index in [4.69, 9.17) is 4.74 Å². The van der Waals surface area contributed by atoms with Crippen LogP contribution in [0, 0.1) is 6.92 Å². The molecule has 0 aliphatic carbocycles. The molecule has 0 radical (unpaired) electrons. The first-order valence-corrected chi connectivity index (χ1v) is 14.1. The van der Waals surface area contributed by atoms with Crippen LogP contribution in [0.1, 0.15) is 16.1 Å². The fourth-order valence-electron chi connectivity index (χ4n) is 5.24. The van der Waals surface area contributed by atoms with Crippen LogP contribution in [-0.4, -0.2) is 65.7 Å². The van der Waals surface area contributed by atoms with Crippen LogP contribution in [0.25, 0.3) is 27.6 Å². The number of carbonyl (C=O) groups excluding carboxylic acids is 1. The van der Waals surface area contributed by atoms with Crippen molar-refractivity contribution in [3.63, 3.8) is 0 Å². The molecule has 0 spiro atoms. The quantitative estimate of drug-likeness (QED) is 0.309. The summed E-state index contributed by atoms with van der Waals surface area (Å²) in [6, 6.07) is 20.5. The lowest BCUT2D eigenvalue weighted by molar-refractivity contribution is 0.0302. The predicted molar refractivity (Wildman–Crippen MR) is 169 cm³/mol. The maximum absolute atomic E-state index is 13.4. The number of aromatic amines is 1. The average Bonchev–Trinajstić information content (AvgIpc) is 3.03. The third kappa shape index (κ3) is 5.64. The van der Waals surface area contributed by atoms with Gasteiger partial charge in [-0.25, -0.2) is 4.98 Å². The smallest absolute Gasteiger partial charge is 0.271 e. The Kier molecular flexibility index (Phi) is 7.52. The van der Waals surface area contributed by atoms with Gasteiger partial charge in [-0.1, -0.05) is 12.1 Å². The molecule has 3 aromatic heterocycles. The molecular weight excluding hydrogens is 544 g/mol. The standard InChI is InChI=1S/C33H32N6O4/c1-21-28(19-29(31(40)35-21)36-30-10-7-24(20-34-30)32(41)38-13-15-43-16-14-38)22-5-4-6-26(18-22)39-12-11-23-17-25(37(2)3)8-9-27(23)33(39)42/h4-12,17-20H,13-16H2,1-3H3,(H,34,36)(H,35,40). The Labute approximate surface area is 248 Å². The third-order valence-corrected chi connectivity index (χ3v) is 7.65. The molecule has 1 fully saturated rings. The second-order valence-electron chi connectivity index (χ2n) is 10.7. The molecule has 4 heterocycles. The summed E-state index contributed by atoms with van der Waals surface area (Å²) in [5, 5.41) is 4.60. The summed E-state index contributed by atoms with van der Waals surface area (Å²) in [5.74, 6) is 0.342. The number of anilines is 3. The van der Waals surface area contributed by atoms with Gasteiger partial charge in [0.25, 0.3) is 17.0 Å². The Hall–Kier alpha value is -5.22. The minimum Gasteiger partial charge on any atom is -0.378 e. The van der Waals surface area contributed by atoms with Crippen LogP contribution in [0.15, 0.2) is 88.7 Å². The predicted octanol–water partition coefficient (Wildman–Crippen LogP) is 4.33. The molecule has 10 heteroatoms. The van der Waals surface area contributed by atoms with Crippen LogP contribution in [0.2, 0.25) is 0 Å². The van der Waals surface area contributed by atoms with Crippen molar-refractivity contribution in [3.05, 3.63) is 111 Å². The van der Waals surface area contributed by atoms with Gasteiger partial charge in [-0.15, -0.1) is 0 Å². The molecule has 0 bridgehead atoms. The molecule has 1 amide bonds. The summed E-state index contributed by atoms with van der Waals surface area (Å²) < 4.78 is 6.95. The first-order valence-electron chi connectivity index (χ1n) is 14.1. The van der Waals surface area contributed by atoms with Crippen LogP contribution in [0.4, 0.5) is 17.2 Å². The number of carbonyl (C=O) groups is 1. The van der Waals surface area contributed by atoms with Crippen molar-refractivity contribution >= 4 is 33.9 Å². The van der Waals surface area contributed by atoms with E-state index in [0.29, 0.717) is 60.1 Å². The molecular formula is C33H32N6O4. The molecule has 10 nitrogen and oxygen atoms in total. The fraction of sp³-hybridized carbons (Fsp3) is 0.212. The van der Waals surface area contributed by atoms with Gasteiger partial charge >= 0.3 is 0 Å². The molecule has 2 aromatic carbocycles. The van der Waals surface area contributed by atoms with E-state index in [1.54, 1.807) is 33.9 Å². The highest BCUT2D eigenvalue weighted by Crippen LogP contribution is 2.27. The lowest BCUT2D eigenvalue weighted by atomic mass is 10.0. The Morgan fingerprint density at radius 1 is 1.00 bits per heavy atom. The molecule has 43 heavy (non-hydrogen) atoms. The monoisotopic (exact) mass is 576 g/mol. The summed E-state index contributed by atoms with van der Waals surface area (Å²) in [5.41, 5.74) is 4.44. The molecule has 1 saturated heterocycles. The molecule has 2 N–H and O–H groups in total. The largest absolute Gasteiger partial charge is 0.378 e. The number of rotatable bonds is 6. The fourth-order valence-corrected chi connectivity index (χ4v) is 5.24. The SMILES string of the molecule is Cc1[nH]c(=O)c(Nc2ccc(C(=O)N3CCOCC3)cn2)cc1-c1cccc(-n2ccc3cc(N(C)C)ccc3c2=O)c1. The number of aryl methyl sites for hydroxylation is 1. The third-order valence-electron chi connectivity index (χ3n) is 7.65. The van der Waals surface area contributed by atoms with Gasteiger partial charge in [-0.3, -0.25) is 19.0 Å². The highest BCUT2D eigenvalue weighted by Gasteiger charge is 2.19. The number of morpholine rings is 1. The van der Waals surface area contributed by atoms with E-state index in [-0.39, 0.29) is 17.0 Å². The van der Waals surface area contributed by atoms with Gasteiger partial charge < -0.3 is 24.8 Å². The van der Waals surface area contributed by atoms with E-state index in [9.17, 15) is 14.4 Å². The number of amides is 1. The maximum Gasteiger partial charge on any atom is 0.271 e. The van der Waals surface area contributed by atoms with Gasteiger partial charge in [-0.05, 0) is 72.5 Å². The van der Waals surface area contributed by atoms with Crippen LogP contribution in [0.5, 0.6) is 0 Å². The summed E-state index contributed by atoms with van der Waals surface area (Å²) >= 11 is 0. The van der Waals surface area contributed by atoms with Crippen LogP contribution < -0.4 is 21.3 Å². The first-order chi connectivity index (χ1) is 20.8. The van der Waals surface area contributed by atoms with Crippen molar-refractivity contribution in [2.45, 2.75) is 6.92 Å². The van der Waals surface area contributed by atoms with Crippen molar-refractivity contribution in [3.8, 4) is 16.8 Å². The molecule has 218 valence electrons. The van der Waals surface area contributed by atoms with Crippen LogP contribution in [0.3, 0.4) is 0 Å². The Bertz CT molecular complexity index is 1940. The zero-order valence-electron chi connectivity index (χ0n) is 24.3. The van der Waals surface area contributed by atoms with Crippen molar-refractivity contribution < 1.29 is 9.53 Å². The zero-order chi connectivity index (χ0) is 30.1. The van der Waals surface area contributed by atoms with E-state index in [0.717, 1.165) is 22.2 Å². The van der Waals surface area contributed by atoms with E-state index in [1.165, 1.54) is 6.20 Å². The summed E-state index contributed by atoms with van der Waals surface area (Å²) in [4.78, 5) is 50.1. The highest BCUT2D eigenvalue weighted by molar-refractivity contribution is 5.94. The minimum absolute atomic E-state index is 0.0958. The van der Waals surface area contributed by atoms with Crippen LogP contribution >= 0.6 is 0 Å². The number of ether oxygens (including phenoxy) is 1. The maximum atomic E-state index is 13.4. The lowest BCUT2D eigenvalue weighted by Gasteiger charge is -2.26. The van der Waals surface area contributed by atoms with E-state index < -0.39 is 0 Å². The van der Waals surface area contributed by atoms with Gasteiger partial charge in [0.05, 0.1) is 18.8 Å². The van der Waals surface area contributed by atoms with E-state index in [1.807, 2.05) is 74.4 Å². The summed E-state index contributed by atoms with van der Waals surface area (Å²) in [6.07, 6.45) is 3.30. The molecule has 5 aromatic rings. The number of aromatic nitrogens is 3. The number of nitrogens with one attached hydrogen (secondary N) is 2. The van der Waals surface area contributed by atoms with Crippen LogP contribution in [-0.2, 0) is 4.74 Å². The second-order valence-corrected chi connectivity index (χ2v) is 10.7. The molecule has 1 aliphatic rings. The van der Waals surface area contributed by atoms with Gasteiger partial charge in [0.1, 0.15) is 11.5 Å². The lowest BCUT2D eigenvalue weighted by Crippen LogP contribution is -2.40. The number of H-pyrrole nitrogens is 1. The van der Waals surface area contributed by atoms with Crippen molar-refractivity contribution in [2.75, 3.05) is 50.6 Å². The Morgan fingerprint density at radius 2 is 1.81 bits per heavy atom. The van der Waals surface area contributed by atoms with Gasteiger partial charge in [-0.2, -0.15) is 0 Å². The summed E-state index contributed by atoms with van der Waals surface area (Å²) in [6.45, 7) is 3.99. The van der Waals surface area contributed by atoms with Crippen molar-refractivity contribution in [2.24, 2.45) is 0 Å².